The van der Waals surface area contributed by atoms with E-state index in [1.807, 2.05) is 0 Å². The molecule has 0 radical (unpaired) electrons. The monoisotopic (exact) mass is 281 g/mol. The Kier molecular flexibility index (Phi) is 3.71. The summed E-state index contributed by atoms with van der Waals surface area (Å²) in [4.78, 5) is 12.2. The molecule has 110 valence electrons. The quantitative estimate of drug-likeness (QED) is 0.891. The molecule has 0 spiro atoms. The van der Waals surface area contributed by atoms with Crippen molar-refractivity contribution < 1.29 is 4.79 Å². The number of hydrogen-bond donors (Lipinski definition) is 1. The minimum Gasteiger partial charge on any atom is -0.369 e. The van der Waals surface area contributed by atoms with Crippen molar-refractivity contribution in [2.24, 2.45) is 11.1 Å². The number of rotatable bonds is 3. The molecule has 0 aromatic heterocycles. The van der Waals surface area contributed by atoms with Crippen LogP contribution in [0.25, 0.3) is 10.8 Å². The highest BCUT2D eigenvalue weighted by molar-refractivity contribution is 5.88. The van der Waals surface area contributed by atoms with Gasteiger partial charge in [0.15, 0.2) is 0 Å². The van der Waals surface area contributed by atoms with Crippen molar-refractivity contribution in [3.05, 3.63) is 48.0 Å². The Hall–Kier alpha value is -1.83. The Morgan fingerprint density at radius 2 is 1.71 bits per heavy atom. The van der Waals surface area contributed by atoms with Crippen LogP contribution in [0.15, 0.2) is 42.5 Å². The predicted molar refractivity (Wildman–Crippen MR) is 87.1 cm³/mol. The minimum absolute atomic E-state index is 0.123. The molecule has 2 heteroatoms. The molecule has 2 aromatic carbocycles. The fourth-order valence-electron chi connectivity index (χ4n) is 4.00. The van der Waals surface area contributed by atoms with Gasteiger partial charge in [0.2, 0.25) is 5.91 Å². The number of hydrogen-bond acceptors (Lipinski definition) is 1. The summed E-state index contributed by atoms with van der Waals surface area (Å²) in [5.74, 6) is 0.0454. The Morgan fingerprint density at radius 3 is 2.43 bits per heavy atom. The predicted octanol–water partition coefficient (Wildman–Crippen LogP) is 4.38. The standard InChI is InChI=1S/C19H23NO/c1-14(19(18(20)21)12-5-2-6-13-19)16-11-7-9-15-8-3-4-10-17(15)16/h3-4,7-11,14H,2,5-6,12-13H2,1H3,(H2,20,21)/t14-/m0/s1. The molecule has 0 unspecified atom stereocenters. The van der Waals surface area contributed by atoms with Gasteiger partial charge in [-0.1, -0.05) is 68.7 Å². The molecule has 1 saturated carbocycles. The smallest absolute Gasteiger partial charge is 0.224 e. The number of benzene rings is 2. The van der Waals surface area contributed by atoms with Crippen molar-refractivity contribution in [3.63, 3.8) is 0 Å². The van der Waals surface area contributed by atoms with Crippen LogP contribution < -0.4 is 5.73 Å². The molecular weight excluding hydrogens is 258 g/mol. The number of fused-ring (bicyclic) bond motifs is 1. The second-order valence-electron chi connectivity index (χ2n) is 6.37. The zero-order valence-corrected chi connectivity index (χ0v) is 12.6. The molecule has 2 nitrogen and oxygen atoms in total. The third kappa shape index (κ3) is 2.33. The van der Waals surface area contributed by atoms with E-state index in [0.29, 0.717) is 0 Å². The van der Waals surface area contributed by atoms with E-state index in [1.165, 1.54) is 22.8 Å². The van der Waals surface area contributed by atoms with E-state index in [9.17, 15) is 4.79 Å². The zero-order chi connectivity index (χ0) is 14.9. The topological polar surface area (TPSA) is 43.1 Å². The van der Waals surface area contributed by atoms with Crippen LogP contribution in [0.5, 0.6) is 0 Å². The van der Waals surface area contributed by atoms with Crippen LogP contribution in [-0.2, 0) is 4.79 Å². The molecule has 0 saturated heterocycles. The van der Waals surface area contributed by atoms with Gasteiger partial charge in [0.05, 0.1) is 5.41 Å². The van der Waals surface area contributed by atoms with Gasteiger partial charge in [0.25, 0.3) is 0 Å². The fraction of sp³-hybridized carbons (Fsp3) is 0.421. The third-order valence-corrected chi connectivity index (χ3v) is 5.36. The van der Waals surface area contributed by atoms with E-state index in [-0.39, 0.29) is 17.2 Å². The van der Waals surface area contributed by atoms with E-state index >= 15 is 0 Å². The molecule has 3 rings (SSSR count). The van der Waals surface area contributed by atoms with E-state index in [0.717, 1.165) is 25.7 Å². The lowest BCUT2D eigenvalue weighted by atomic mass is 9.63. The van der Waals surface area contributed by atoms with Gasteiger partial charge in [-0.05, 0) is 35.1 Å². The first-order valence-corrected chi connectivity index (χ1v) is 7.93. The lowest BCUT2D eigenvalue weighted by Crippen LogP contribution is -2.42. The average molecular weight is 281 g/mol. The summed E-state index contributed by atoms with van der Waals surface area (Å²) < 4.78 is 0. The van der Waals surface area contributed by atoms with Gasteiger partial charge >= 0.3 is 0 Å². The minimum atomic E-state index is -0.373. The maximum absolute atomic E-state index is 12.2. The Bertz CT molecular complexity index is 650. The summed E-state index contributed by atoms with van der Waals surface area (Å²) in [7, 11) is 0. The van der Waals surface area contributed by atoms with Gasteiger partial charge in [0, 0.05) is 0 Å². The fourth-order valence-corrected chi connectivity index (χ4v) is 4.00. The van der Waals surface area contributed by atoms with E-state index in [4.69, 9.17) is 5.73 Å². The molecule has 0 aliphatic heterocycles. The summed E-state index contributed by atoms with van der Waals surface area (Å²) in [5, 5.41) is 2.48. The lowest BCUT2D eigenvalue weighted by molar-refractivity contribution is -0.130. The maximum Gasteiger partial charge on any atom is 0.224 e. The van der Waals surface area contributed by atoms with E-state index in [2.05, 4.69) is 49.4 Å². The van der Waals surface area contributed by atoms with Crippen molar-refractivity contribution >= 4 is 16.7 Å². The summed E-state index contributed by atoms with van der Waals surface area (Å²) in [5.41, 5.74) is 6.73. The van der Waals surface area contributed by atoms with Crippen LogP contribution in [0.2, 0.25) is 0 Å². The first-order chi connectivity index (χ1) is 10.1. The normalized spacial score (nSPS) is 19.3. The maximum atomic E-state index is 12.2. The first kappa shape index (κ1) is 14.1. The Balaban J connectivity index is 2.10. The van der Waals surface area contributed by atoms with Crippen LogP contribution >= 0.6 is 0 Å². The van der Waals surface area contributed by atoms with Crippen LogP contribution in [0.3, 0.4) is 0 Å². The van der Waals surface area contributed by atoms with Gasteiger partial charge in [0.1, 0.15) is 0 Å². The number of primary amides is 1. The molecule has 1 atom stereocenters. The van der Waals surface area contributed by atoms with Gasteiger partial charge in [-0.3, -0.25) is 4.79 Å². The Labute approximate surface area is 126 Å². The molecule has 0 bridgehead atoms. The van der Waals surface area contributed by atoms with Gasteiger partial charge in [-0.15, -0.1) is 0 Å². The highest BCUT2D eigenvalue weighted by atomic mass is 16.1. The van der Waals surface area contributed by atoms with Crippen molar-refractivity contribution in [1.29, 1.82) is 0 Å². The van der Waals surface area contributed by atoms with Gasteiger partial charge < -0.3 is 5.73 Å². The molecule has 1 amide bonds. The van der Waals surface area contributed by atoms with Crippen LogP contribution in [0, 0.1) is 5.41 Å². The molecule has 1 aliphatic carbocycles. The van der Waals surface area contributed by atoms with Crippen LogP contribution in [0.1, 0.15) is 50.5 Å². The molecule has 2 N–H and O–H groups in total. The van der Waals surface area contributed by atoms with Crippen molar-refractivity contribution in [1.82, 2.24) is 0 Å². The Morgan fingerprint density at radius 1 is 1.05 bits per heavy atom. The molecule has 2 aromatic rings. The van der Waals surface area contributed by atoms with Crippen molar-refractivity contribution in [3.8, 4) is 0 Å². The molecular formula is C19H23NO. The first-order valence-electron chi connectivity index (χ1n) is 7.93. The second-order valence-corrected chi connectivity index (χ2v) is 6.37. The molecule has 1 fully saturated rings. The van der Waals surface area contributed by atoms with Crippen molar-refractivity contribution in [2.75, 3.05) is 0 Å². The summed E-state index contributed by atoms with van der Waals surface area (Å²) in [6.07, 6.45) is 5.28. The molecule has 21 heavy (non-hydrogen) atoms. The summed E-state index contributed by atoms with van der Waals surface area (Å²) in [6.45, 7) is 2.18. The number of carbonyl (C=O) groups excluding carboxylic acids is 1. The summed E-state index contributed by atoms with van der Waals surface area (Å²) in [6, 6.07) is 14.8. The number of carbonyl (C=O) groups is 1. The van der Waals surface area contributed by atoms with Gasteiger partial charge in [-0.25, -0.2) is 0 Å². The number of nitrogens with two attached hydrogens (primary N) is 1. The van der Waals surface area contributed by atoms with E-state index in [1.54, 1.807) is 0 Å². The molecule has 1 aliphatic rings. The van der Waals surface area contributed by atoms with Crippen LogP contribution in [-0.4, -0.2) is 5.91 Å². The van der Waals surface area contributed by atoms with Crippen LogP contribution in [0.4, 0.5) is 0 Å². The SMILES string of the molecule is C[C@@H](c1cccc2ccccc12)C1(C(N)=O)CCCCC1. The highest BCUT2D eigenvalue weighted by Gasteiger charge is 2.43. The third-order valence-electron chi connectivity index (χ3n) is 5.36. The lowest BCUT2D eigenvalue weighted by Gasteiger charge is -2.40. The molecule has 0 heterocycles. The second kappa shape index (κ2) is 5.51. The average Bonchev–Trinajstić information content (AvgIpc) is 2.54. The number of amides is 1. The highest BCUT2D eigenvalue weighted by Crippen LogP contribution is 2.48. The largest absolute Gasteiger partial charge is 0.369 e. The zero-order valence-electron chi connectivity index (χ0n) is 12.6. The summed E-state index contributed by atoms with van der Waals surface area (Å²) >= 11 is 0. The van der Waals surface area contributed by atoms with E-state index < -0.39 is 0 Å². The van der Waals surface area contributed by atoms with Gasteiger partial charge in [-0.2, -0.15) is 0 Å². The van der Waals surface area contributed by atoms with Crippen molar-refractivity contribution in [2.45, 2.75) is 44.9 Å².